The number of thioether (sulfide) groups is 1. The Bertz CT molecular complexity index is 2990. The maximum atomic E-state index is 5.69. The largest absolute Gasteiger partial charge is 0.364 e. The van der Waals surface area contributed by atoms with Crippen molar-refractivity contribution in [2.24, 2.45) is 34.1 Å². The molecule has 1 aromatic carbocycles. The third-order valence-corrected chi connectivity index (χ3v) is 20.0. The van der Waals surface area contributed by atoms with Crippen LogP contribution >= 0.6 is 11.8 Å². The van der Waals surface area contributed by atoms with Gasteiger partial charge in [-0.05, 0) is 169 Å². The summed E-state index contributed by atoms with van der Waals surface area (Å²) in [6, 6.07) is 8.49. The number of hydrogen-bond acceptors (Lipinski definition) is 4. The first kappa shape index (κ1) is 46.2. The highest BCUT2D eigenvalue weighted by atomic mass is 32.2. The predicted octanol–water partition coefficient (Wildman–Crippen LogP) is 16.8. The van der Waals surface area contributed by atoms with Gasteiger partial charge in [-0.15, -0.1) is 0 Å². The molecule has 2 fully saturated rings. The van der Waals surface area contributed by atoms with Crippen LogP contribution in [0.1, 0.15) is 138 Å². The lowest BCUT2D eigenvalue weighted by Crippen LogP contribution is -2.40. The number of nitrogens with one attached hydrogen (secondary N) is 1. The van der Waals surface area contributed by atoms with E-state index in [9.17, 15) is 0 Å². The molecule has 9 aliphatic carbocycles. The minimum absolute atomic E-state index is 0.0464. The van der Waals surface area contributed by atoms with E-state index >= 15 is 0 Å². The maximum absolute atomic E-state index is 5.69. The summed E-state index contributed by atoms with van der Waals surface area (Å²) in [5.74, 6) is 2.57. The van der Waals surface area contributed by atoms with Gasteiger partial charge in [-0.25, -0.2) is 0 Å². The van der Waals surface area contributed by atoms with Gasteiger partial charge in [-0.3, -0.25) is 4.99 Å². The van der Waals surface area contributed by atoms with Crippen LogP contribution in [0, 0.1) is 29.1 Å². The molecule has 0 saturated carbocycles. The predicted molar refractivity (Wildman–Crippen MR) is 304 cm³/mol. The van der Waals surface area contributed by atoms with E-state index in [0.717, 1.165) is 69.1 Å². The molecule has 0 amide bonds. The standard InChI is InChI=1S/C68H73N3S/c1-44-39-60(69-67(49-27-15-7-16-28-49)70-66(44)48-25-13-6-14-26-48)57-41-51(56-40-50(46-21-9-4-10-22-46)32-34-54(56)47-23-11-5-12-24-47)33-35-55(57)53-36-37-62-65(45(53)2)58-42-59-61(43-63(58)72-62)71(52-29-17-8-18-30-52)64-31-19-20-38-68(59,64)3/h5,7-9,11-13,15,17,20-21,23,25-26,29,32-40,42-43,45-47,49,51,59,61,64-65,67,69H,1,4,6,10,14,16,18-19,22,24,27-28,30-31,41H2,2-3H3. The fourth-order valence-electron chi connectivity index (χ4n) is 15.0. The van der Waals surface area contributed by atoms with Gasteiger partial charge in [0.25, 0.3) is 0 Å². The Morgan fingerprint density at radius 3 is 2.54 bits per heavy atom. The van der Waals surface area contributed by atoms with Gasteiger partial charge in [0.1, 0.15) is 6.17 Å². The molecule has 1 aromatic rings. The van der Waals surface area contributed by atoms with E-state index < -0.39 is 0 Å². The van der Waals surface area contributed by atoms with Crippen LogP contribution in [0.3, 0.4) is 0 Å². The molecule has 1 N–H and O–H groups in total. The third-order valence-electron chi connectivity index (χ3n) is 18.8. The quantitative estimate of drug-likeness (QED) is 0.263. The number of likely N-dealkylation sites (tertiary alicyclic amines) is 1. The van der Waals surface area contributed by atoms with Gasteiger partial charge in [-0.1, -0.05) is 172 Å². The normalized spacial score (nSPS) is 35.4. The molecular formula is C68H73N3S. The number of rotatable bonds is 8. The molecule has 0 bridgehead atoms. The van der Waals surface area contributed by atoms with Crippen LogP contribution in [0.5, 0.6) is 0 Å². The minimum Gasteiger partial charge on any atom is -0.364 e. The molecule has 3 aliphatic heterocycles. The van der Waals surface area contributed by atoms with Crippen LogP contribution in [0.2, 0.25) is 0 Å². The van der Waals surface area contributed by atoms with E-state index in [0.29, 0.717) is 47.6 Å². The molecular weight excluding hydrogens is 891 g/mol. The second-order valence-corrected chi connectivity index (χ2v) is 24.1. The summed E-state index contributed by atoms with van der Waals surface area (Å²) in [5.41, 5.74) is 16.4. The minimum atomic E-state index is -0.0464. The first-order valence-electron chi connectivity index (χ1n) is 28.1. The van der Waals surface area contributed by atoms with E-state index in [2.05, 4.69) is 194 Å². The zero-order chi connectivity index (χ0) is 48.3. The topological polar surface area (TPSA) is 27.6 Å². The van der Waals surface area contributed by atoms with Crippen LogP contribution in [-0.4, -0.2) is 28.9 Å². The summed E-state index contributed by atoms with van der Waals surface area (Å²) in [4.78, 5) is 11.6. The van der Waals surface area contributed by atoms with Crippen LogP contribution in [-0.2, 0) is 0 Å². The summed E-state index contributed by atoms with van der Waals surface area (Å²) >= 11 is 2.06. The number of nitrogens with zero attached hydrogens (tertiary/aromatic N) is 2. The summed E-state index contributed by atoms with van der Waals surface area (Å²) in [7, 11) is 0. The Hall–Kier alpha value is -5.58. The van der Waals surface area contributed by atoms with Crippen molar-refractivity contribution in [1.82, 2.24) is 10.2 Å². The molecule has 3 nitrogen and oxygen atoms in total. The van der Waals surface area contributed by atoms with Crippen LogP contribution in [0.25, 0.3) is 0 Å². The third kappa shape index (κ3) is 8.23. The SMILES string of the molecule is C=C1C=C(C2=C(C3=CC=C4SC5=CC6C(C=C5C4C3C)C3(C)C=CCCC3N6C3=CC=CCC3)C=CC(c3cc(C4C=CCCC4)ccc3C3C=CC=CC3)C2)NC(C2CC=CCC2)N=C1C1=CCCC=C1. The lowest BCUT2D eigenvalue weighted by atomic mass is 9.66. The van der Waals surface area contributed by atoms with Gasteiger partial charge in [0.05, 0.1) is 11.8 Å². The Morgan fingerprint density at radius 1 is 0.778 bits per heavy atom. The molecule has 2 saturated heterocycles. The van der Waals surface area contributed by atoms with E-state index in [-0.39, 0.29) is 17.5 Å². The monoisotopic (exact) mass is 964 g/mol. The van der Waals surface area contributed by atoms with Gasteiger partial charge in [0.2, 0.25) is 0 Å². The maximum Gasteiger partial charge on any atom is 0.122 e. The summed E-state index contributed by atoms with van der Waals surface area (Å²) in [5, 5.41) is 4.25. The molecule has 0 aromatic heterocycles. The Balaban J connectivity index is 0.914. The summed E-state index contributed by atoms with van der Waals surface area (Å²) in [6.45, 7) is 9.98. The van der Waals surface area contributed by atoms with Gasteiger partial charge in [0, 0.05) is 63.3 Å². The summed E-state index contributed by atoms with van der Waals surface area (Å²) < 4.78 is 0. The van der Waals surface area contributed by atoms with Crippen molar-refractivity contribution in [3.63, 3.8) is 0 Å². The van der Waals surface area contributed by atoms with Crippen molar-refractivity contribution in [3.8, 4) is 0 Å². The fourth-order valence-corrected chi connectivity index (χ4v) is 16.4. The van der Waals surface area contributed by atoms with Crippen molar-refractivity contribution in [2.75, 3.05) is 0 Å². The van der Waals surface area contributed by atoms with Crippen molar-refractivity contribution in [3.05, 3.63) is 236 Å². The molecule has 11 atom stereocenters. The highest BCUT2D eigenvalue weighted by Crippen LogP contribution is 2.63. The van der Waals surface area contributed by atoms with Crippen LogP contribution < -0.4 is 5.32 Å². The average Bonchev–Trinajstić information content (AvgIpc) is 3.86. The number of hydrogen-bond donors (Lipinski definition) is 1. The summed E-state index contributed by atoms with van der Waals surface area (Å²) in [6.07, 6.45) is 71.9. The first-order valence-corrected chi connectivity index (χ1v) is 28.9. The average molecular weight is 964 g/mol. The molecule has 366 valence electrons. The number of benzene rings is 1. The van der Waals surface area contributed by atoms with Crippen LogP contribution in [0.4, 0.5) is 0 Å². The van der Waals surface area contributed by atoms with E-state index in [1.54, 1.807) is 5.57 Å². The number of fused-ring (bicyclic) bond motifs is 6. The Morgan fingerprint density at radius 2 is 1.72 bits per heavy atom. The molecule has 12 aliphatic rings. The molecule has 0 radical (unpaired) electrons. The van der Waals surface area contributed by atoms with Crippen molar-refractivity contribution < 1.29 is 0 Å². The van der Waals surface area contributed by atoms with Gasteiger partial charge < -0.3 is 10.2 Å². The molecule has 4 heteroatoms. The van der Waals surface area contributed by atoms with Crippen molar-refractivity contribution >= 4 is 17.5 Å². The molecule has 0 spiro atoms. The molecule has 13 rings (SSSR count). The Kier molecular flexibility index (Phi) is 12.4. The van der Waals surface area contributed by atoms with E-state index in [1.807, 2.05) is 0 Å². The van der Waals surface area contributed by atoms with E-state index in [1.165, 1.54) is 92.3 Å². The number of allylic oxidation sites excluding steroid dienone is 28. The highest BCUT2D eigenvalue weighted by molar-refractivity contribution is 8.07. The second kappa shape index (κ2) is 19.4. The lowest BCUT2D eigenvalue weighted by Gasteiger charge is -2.39. The smallest absolute Gasteiger partial charge is 0.122 e. The molecule has 11 unspecified atom stereocenters. The van der Waals surface area contributed by atoms with Crippen LogP contribution in [0.15, 0.2) is 224 Å². The second-order valence-electron chi connectivity index (χ2n) is 23.0. The lowest BCUT2D eigenvalue weighted by molar-refractivity contribution is 0.200. The zero-order valence-electron chi connectivity index (χ0n) is 42.7. The van der Waals surface area contributed by atoms with Gasteiger partial charge >= 0.3 is 0 Å². The number of aliphatic imine (C=N–C) groups is 1. The van der Waals surface area contributed by atoms with Gasteiger partial charge in [-0.2, -0.15) is 0 Å². The van der Waals surface area contributed by atoms with Crippen molar-refractivity contribution in [1.29, 1.82) is 0 Å². The van der Waals surface area contributed by atoms with Crippen molar-refractivity contribution in [2.45, 2.75) is 140 Å². The van der Waals surface area contributed by atoms with Gasteiger partial charge in [0.15, 0.2) is 0 Å². The molecule has 3 heterocycles. The fraction of sp³-hybridized carbons (Fsp3) is 0.397. The zero-order valence-corrected chi connectivity index (χ0v) is 43.5. The first-order chi connectivity index (χ1) is 35.4. The van der Waals surface area contributed by atoms with E-state index in [4.69, 9.17) is 11.6 Å². The molecule has 72 heavy (non-hydrogen) atoms. The Labute approximate surface area is 435 Å². The highest BCUT2D eigenvalue weighted by Gasteiger charge is 2.57.